The maximum Gasteiger partial charge on any atom is 0.333 e. The van der Waals surface area contributed by atoms with Gasteiger partial charge in [-0.3, -0.25) is 14.4 Å². The topological polar surface area (TPSA) is 123 Å². The number of hydrogen-bond donors (Lipinski definition) is 3. The summed E-state index contributed by atoms with van der Waals surface area (Å²) < 4.78 is 12.6. The first-order chi connectivity index (χ1) is 20.8. The van der Waals surface area contributed by atoms with Crippen molar-refractivity contribution in [1.82, 2.24) is 16.0 Å². The second kappa shape index (κ2) is 19.8. The lowest BCUT2D eigenvalue weighted by Crippen LogP contribution is -2.52. The average Bonchev–Trinajstić information content (AvgIpc) is 2.84. The molecule has 3 N–H and O–H groups in total. The van der Waals surface area contributed by atoms with Gasteiger partial charge < -0.3 is 33.8 Å². The summed E-state index contributed by atoms with van der Waals surface area (Å²) in [7, 11) is 2.76. The van der Waals surface area contributed by atoms with Crippen LogP contribution in [0.1, 0.15) is 26.2 Å². The van der Waals surface area contributed by atoms with E-state index in [1.54, 1.807) is 6.92 Å². The third-order valence-corrected chi connectivity index (χ3v) is 16.9. The van der Waals surface area contributed by atoms with Crippen molar-refractivity contribution in [2.75, 3.05) is 80.6 Å². The van der Waals surface area contributed by atoms with Gasteiger partial charge in [0.1, 0.15) is 13.2 Å². The van der Waals surface area contributed by atoms with Crippen LogP contribution in [0, 0.1) is 0 Å². The zero-order chi connectivity index (χ0) is 35.8. The van der Waals surface area contributed by atoms with Crippen molar-refractivity contribution in [2.45, 2.75) is 90.1 Å². The Morgan fingerprint density at radius 1 is 0.630 bits per heavy atom. The minimum Gasteiger partial charge on any atom is -0.456 e. The van der Waals surface area contributed by atoms with Gasteiger partial charge in [-0.25, -0.2) is 4.79 Å². The molecule has 268 valence electrons. The Hall–Kier alpha value is -1.85. The summed E-state index contributed by atoms with van der Waals surface area (Å²) in [6, 6.07) is 3.10. The van der Waals surface area contributed by atoms with Crippen LogP contribution in [0.5, 0.6) is 0 Å². The Morgan fingerprint density at radius 2 is 1.00 bits per heavy atom. The molecule has 0 rings (SSSR count). The van der Waals surface area contributed by atoms with Gasteiger partial charge in [0.2, 0.25) is 0 Å². The SMILES string of the molecule is C=C(C)C(=O)OCC[N+](C)(C)CC(=O)NCCC[Si](C)(C)O[Si](C)(C)CCCNC(=O)C[N+](C)(C)CC(=O)NCCC[Si](C)(C)C. The quantitative estimate of drug-likeness (QED) is 0.0465. The monoisotopic (exact) mass is 703 g/mol. The fourth-order valence-corrected chi connectivity index (χ4v) is 15.3. The van der Waals surface area contributed by atoms with Crippen LogP contribution in [-0.2, 0) is 28.0 Å². The predicted molar refractivity (Wildman–Crippen MR) is 196 cm³/mol. The van der Waals surface area contributed by atoms with Crippen LogP contribution in [0.15, 0.2) is 12.2 Å². The maximum absolute atomic E-state index is 12.6. The minimum atomic E-state index is -1.92. The van der Waals surface area contributed by atoms with Crippen LogP contribution in [0.4, 0.5) is 0 Å². The second-order valence-electron chi connectivity index (χ2n) is 16.5. The Balaban J connectivity index is 4.34. The highest BCUT2D eigenvalue weighted by Gasteiger charge is 2.32. The van der Waals surface area contributed by atoms with Gasteiger partial charge in [0.15, 0.2) is 36.3 Å². The molecule has 0 aliphatic heterocycles. The molecule has 11 nitrogen and oxygen atoms in total. The number of likely N-dealkylation sites (N-methyl/N-ethyl adjacent to an activating group) is 2. The second-order valence-corrected chi connectivity index (χ2v) is 31.0. The Kier molecular flexibility index (Phi) is 19.0. The van der Waals surface area contributed by atoms with Crippen molar-refractivity contribution in [3.05, 3.63) is 12.2 Å². The molecule has 0 aliphatic rings. The first-order valence-electron chi connectivity index (χ1n) is 16.8. The summed E-state index contributed by atoms with van der Waals surface area (Å²) in [6.45, 7) is 24.7. The molecule has 0 saturated heterocycles. The van der Waals surface area contributed by atoms with Crippen LogP contribution >= 0.6 is 0 Å². The highest BCUT2D eigenvalue weighted by molar-refractivity contribution is 6.84. The predicted octanol–water partition coefficient (Wildman–Crippen LogP) is 3.54. The minimum absolute atomic E-state index is 0.00798. The number of carbonyl (C=O) groups is 4. The van der Waals surface area contributed by atoms with E-state index in [9.17, 15) is 19.2 Å². The fraction of sp³-hybridized carbons (Fsp3) is 0.812. The van der Waals surface area contributed by atoms with E-state index in [0.717, 1.165) is 31.4 Å². The lowest BCUT2D eigenvalue weighted by molar-refractivity contribution is -0.882. The van der Waals surface area contributed by atoms with Gasteiger partial charge in [-0.1, -0.05) is 32.3 Å². The third kappa shape index (κ3) is 24.3. The molecule has 0 atom stereocenters. The van der Waals surface area contributed by atoms with E-state index >= 15 is 0 Å². The molecule has 0 radical (unpaired) electrons. The third-order valence-electron chi connectivity index (χ3n) is 7.53. The molecule has 46 heavy (non-hydrogen) atoms. The Bertz CT molecular complexity index is 1010. The molecule has 0 saturated carbocycles. The standard InChI is InChI=1S/C32H67N5O6Si3/c1-28(2)32(41)42-21-20-36(3,4)25-29(38)34-18-15-23-45(10,11)43-46(12,13)24-16-19-35-31(40)27-37(5,6)26-30(39)33-17-14-22-44(7,8)9/h1,14-27H2,2-13H3,(H-2,33,34,35,38,39,40)/p+2. The molecule has 0 heterocycles. The average molecular weight is 704 g/mol. The number of ether oxygens (including phenoxy) is 1. The van der Waals surface area contributed by atoms with Gasteiger partial charge in [0.25, 0.3) is 17.7 Å². The molecule has 0 aromatic rings. The summed E-state index contributed by atoms with van der Waals surface area (Å²) >= 11 is 0. The first kappa shape index (κ1) is 44.2. The van der Waals surface area contributed by atoms with E-state index in [1.807, 2.05) is 28.2 Å². The van der Waals surface area contributed by atoms with Crippen molar-refractivity contribution in [3.8, 4) is 0 Å². The van der Waals surface area contributed by atoms with E-state index < -0.39 is 30.7 Å². The van der Waals surface area contributed by atoms with Crippen LogP contribution < -0.4 is 16.0 Å². The highest BCUT2D eigenvalue weighted by Crippen LogP contribution is 2.23. The zero-order valence-electron chi connectivity index (χ0n) is 31.5. The molecule has 0 aromatic carbocycles. The Labute approximate surface area is 283 Å². The van der Waals surface area contributed by atoms with Crippen molar-refractivity contribution in [2.24, 2.45) is 0 Å². The number of quaternary nitrogens is 2. The van der Waals surface area contributed by atoms with E-state index in [-0.39, 0.29) is 37.4 Å². The largest absolute Gasteiger partial charge is 0.456 e. The molecule has 3 amide bonds. The lowest BCUT2D eigenvalue weighted by Gasteiger charge is -2.34. The molecule has 0 aromatic heterocycles. The fourth-order valence-electron chi connectivity index (χ4n) is 5.16. The number of rotatable bonds is 24. The molecule has 0 fully saturated rings. The number of hydrogen-bond acceptors (Lipinski definition) is 6. The summed E-state index contributed by atoms with van der Waals surface area (Å²) in [5.74, 6) is -0.479. The van der Waals surface area contributed by atoms with Crippen molar-refractivity contribution >= 4 is 48.4 Å². The summed E-state index contributed by atoms with van der Waals surface area (Å²) in [4.78, 5) is 49.1. The molecular formula is C32H69N5O6Si3+2. The van der Waals surface area contributed by atoms with Crippen LogP contribution in [0.2, 0.25) is 64.0 Å². The molecule has 0 unspecified atom stereocenters. The Morgan fingerprint density at radius 3 is 1.37 bits per heavy atom. The van der Waals surface area contributed by atoms with Crippen LogP contribution in [0.25, 0.3) is 0 Å². The van der Waals surface area contributed by atoms with E-state index in [1.165, 1.54) is 6.04 Å². The smallest absolute Gasteiger partial charge is 0.333 e. The van der Waals surface area contributed by atoms with Gasteiger partial charge in [-0.2, -0.15) is 0 Å². The molecule has 14 heteroatoms. The van der Waals surface area contributed by atoms with Gasteiger partial charge >= 0.3 is 5.97 Å². The van der Waals surface area contributed by atoms with Crippen LogP contribution in [0.3, 0.4) is 0 Å². The first-order valence-corrected chi connectivity index (χ1v) is 26.7. The van der Waals surface area contributed by atoms with Gasteiger partial charge in [-0.05, 0) is 64.5 Å². The molecule has 0 spiro atoms. The number of carbonyl (C=O) groups excluding carboxylic acids is 4. The van der Waals surface area contributed by atoms with Gasteiger partial charge in [0.05, 0.1) is 28.2 Å². The van der Waals surface area contributed by atoms with E-state index in [4.69, 9.17) is 8.85 Å². The normalized spacial score (nSPS) is 12.8. The summed E-state index contributed by atoms with van der Waals surface area (Å²) in [5.41, 5.74) is 0.366. The zero-order valence-corrected chi connectivity index (χ0v) is 34.5. The van der Waals surface area contributed by atoms with Crippen molar-refractivity contribution in [3.63, 3.8) is 0 Å². The molecule has 0 aliphatic carbocycles. The summed E-state index contributed by atoms with van der Waals surface area (Å²) in [5, 5.41) is 9.07. The molecular weight excluding hydrogens is 635 g/mol. The molecule has 0 bridgehead atoms. The van der Waals surface area contributed by atoms with Crippen molar-refractivity contribution in [1.29, 1.82) is 0 Å². The van der Waals surface area contributed by atoms with Crippen LogP contribution in [-0.4, -0.2) is 138 Å². The number of nitrogens with zero attached hydrogens (tertiary/aromatic N) is 2. The number of amides is 3. The summed E-state index contributed by atoms with van der Waals surface area (Å²) in [6.07, 6.45) is 2.73. The van der Waals surface area contributed by atoms with Gasteiger partial charge in [0, 0.05) is 33.3 Å². The highest BCUT2D eigenvalue weighted by atomic mass is 28.4. The van der Waals surface area contributed by atoms with Crippen molar-refractivity contribution < 1.29 is 37.0 Å². The lowest BCUT2D eigenvalue weighted by atomic mass is 10.3. The van der Waals surface area contributed by atoms with E-state index in [2.05, 4.69) is 68.4 Å². The van der Waals surface area contributed by atoms with E-state index in [0.29, 0.717) is 47.3 Å². The number of nitrogens with one attached hydrogen (secondary N) is 3. The maximum atomic E-state index is 12.6. The van der Waals surface area contributed by atoms with Gasteiger partial charge in [-0.15, -0.1) is 0 Å². The number of esters is 1.